The Balaban J connectivity index is 1.96. The second-order valence-electron chi connectivity index (χ2n) is 4.68. The average molecular weight is 270 g/mol. The lowest BCUT2D eigenvalue weighted by molar-refractivity contribution is -0.118. The van der Waals surface area contributed by atoms with E-state index >= 15 is 0 Å². The molecule has 2 aromatic rings. The first-order chi connectivity index (χ1) is 9.58. The van der Waals surface area contributed by atoms with Gasteiger partial charge in [-0.05, 0) is 36.2 Å². The molecule has 2 aromatic carbocycles. The van der Waals surface area contributed by atoms with E-state index in [1.807, 2.05) is 30.3 Å². The van der Waals surface area contributed by atoms with Crippen LogP contribution in [-0.4, -0.2) is 18.1 Å². The third-order valence-corrected chi connectivity index (χ3v) is 3.24. The van der Waals surface area contributed by atoms with Crippen molar-refractivity contribution in [1.82, 2.24) is 0 Å². The molecule has 0 aromatic heterocycles. The third kappa shape index (κ3) is 3.29. The smallest absolute Gasteiger partial charge is 0.227 e. The van der Waals surface area contributed by atoms with Gasteiger partial charge in [-0.25, -0.2) is 0 Å². The number of hydrogen-bond acceptors (Lipinski definition) is 3. The highest BCUT2D eigenvalue weighted by Crippen LogP contribution is 2.21. The summed E-state index contributed by atoms with van der Waals surface area (Å²) in [6, 6.07) is 14.6. The van der Waals surface area contributed by atoms with Crippen molar-refractivity contribution in [2.45, 2.75) is 12.8 Å². The van der Waals surface area contributed by atoms with E-state index < -0.39 is 0 Å². The van der Waals surface area contributed by atoms with Crippen LogP contribution in [0.1, 0.15) is 12.0 Å². The Kier molecular flexibility index (Phi) is 4.25. The van der Waals surface area contributed by atoms with Crippen molar-refractivity contribution in [1.29, 1.82) is 0 Å². The number of amides is 1. The molecular weight excluding hydrogens is 252 g/mol. The molecule has 0 aliphatic carbocycles. The van der Waals surface area contributed by atoms with Gasteiger partial charge < -0.3 is 15.7 Å². The standard InChI is InChI=1S/C16H18N2O2/c1-18(13-5-3-2-4-6-13)16(20)10-8-12-7-9-15(19)14(17)11-12/h2-7,9,11,19H,8,10,17H2,1H3. The summed E-state index contributed by atoms with van der Waals surface area (Å²) in [5.74, 6) is 0.115. The normalized spacial score (nSPS) is 10.2. The van der Waals surface area contributed by atoms with Gasteiger partial charge in [0, 0.05) is 19.2 Å². The van der Waals surface area contributed by atoms with Crippen molar-refractivity contribution in [3.63, 3.8) is 0 Å². The summed E-state index contributed by atoms with van der Waals surface area (Å²) < 4.78 is 0. The number of para-hydroxylation sites is 1. The van der Waals surface area contributed by atoms with Gasteiger partial charge in [0.2, 0.25) is 5.91 Å². The lowest BCUT2D eigenvalue weighted by Crippen LogP contribution is -2.26. The van der Waals surface area contributed by atoms with Crippen molar-refractivity contribution in [3.05, 3.63) is 54.1 Å². The van der Waals surface area contributed by atoms with E-state index in [1.165, 1.54) is 0 Å². The molecule has 4 heteroatoms. The molecule has 20 heavy (non-hydrogen) atoms. The maximum Gasteiger partial charge on any atom is 0.227 e. The molecule has 4 nitrogen and oxygen atoms in total. The number of rotatable bonds is 4. The number of carbonyl (C=O) groups excluding carboxylic acids is 1. The molecule has 0 spiro atoms. The van der Waals surface area contributed by atoms with Crippen LogP contribution in [0.3, 0.4) is 0 Å². The Morgan fingerprint density at radius 3 is 2.55 bits per heavy atom. The Labute approximate surface area is 118 Å². The number of anilines is 2. The van der Waals surface area contributed by atoms with E-state index in [0.717, 1.165) is 11.3 Å². The van der Waals surface area contributed by atoms with Gasteiger partial charge in [0.1, 0.15) is 5.75 Å². The molecule has 0 fully saturated rings. The number of phenolic OH excluding ortho intramolecular Hbond substituents is 1. The zero-order chi connectivity index (χ0) is 14.5. The summed E-state index contributed by atoms with van der Waals surface area (Å²) in [6.45, 7) is 0. The lowest BCUT2D eigenvalue weighted by Gasteiger charge is -2.17. The van der Waals surface area contributed by atoms with Gasteiger partial charge in [-0.1, -0.05) is 24.3 Å². The predicted octanol–water partition coefficient (Wildman–Crippen LogP) is 2.57. The molecule has 0 aliphatic heterocycles. The molecule has 3 N–H and O–H groups in total. The van der Waals surface area contributed by atoms with Crippen LogP contribution >= 0.6 is 0 Å². The van der Waals surface area contributed by atoms with Gasteiger partial charge in [0.15, 0.2) is 0 Å². The van der Waals surface area contributed by atoms with E-state index in [2.05, 4.69) is 0 Å². The molecule has 0 saturated heterocycles. The number of hydrogen-bond donors (Lipinski definition) is 2. The zero-order valence-electron chi connectivity index (χ0n) is 11.4. The van der Waals surface area contributed by atoms with Crippen LogP contribution in [0, 0.1) is 0 Å². The quantitative estimate of drug-likeness (QED) is 0.663. The second kappa shape index (κ2) is 6.10. The molecule has 0 bridgehead atoms. The summed E-state index contributed by atoms with van der Waals surface area (Å²) in [7, 11) is 1.77. The summed E-state index contributed by atoms with van der Waals surface area (Å²) in [4.78, 5) is 13.8. The Morgan fingerprint density at radius 1 is 1.20 bits per heavy atom. The van der Waals surface area contributed by atoms with E-state index in [1.54, 1.807) is 30.1 Å². The minimum Gasteiger partial charge on any atom is -0.506 e. The highest BCUT2D eigenvalue weighted by molar-refractivity contribution is 5.92. The molecule has 1 amide bonds. The van der Waals surface area contributed by atoms with Gasteiger partial charge in [-0.3, -0.25) is 4.79 Å². The largest absolute Gasteiger partial charge is 0.506 e. The van der Waals surface area contributed by atoms with Crippen molar-refractivity contribution in [2.24, 2.45) is 0 Å². The Morgan fingerprint density at radius 2 is 1.90 bits per heavy atom. The van der Waals surface area contributed by atoms with Crippen molar-refractivity contribution < 1.29 is 9.90 Å². The highest BCUT2D eigenvalue weighted by Gasteiger charge is 2.10. The van der Waals surface area contributed by atoms with E-state index in [0.29, 0.717) is 18.5 Å². The third-order valence-electron chi connectivity index (χ3n) is 3.24. The van der Waals surface area contributed by atoms with Crippen LogP contribution in [0.5, 0.6) is 5.75 Å². The Hall–Kier alpha value is -2.49. The second-order valence-corrected chi connectivity index (χ2v) is 4.68. The molecule has 104 valence electrons. The van der Waals surface area contributed by atoms with Crippen LogP contribution in [0.25, 0.3) is 0 Å². The van der Waals surface area contributed by atoms with Gasteiger partial charge in [0.25, 0.3) is 0 Å². The monoisotopic (exact) mass is 270 g/mol. The maximum atomic E-state index is 12.1. The lowest BCUT2D eigenvalue weighted by atomic mass is 10.1. The van der Waals surface area contributed by atoms with E-state index in [4.69, 9.17) is 5.73 Å². The first-order valence-electron chi connectivity index (χ1n) is 6.47. The molecule has 0 atom stereocenters. The maximum absolute atomic E-state index is 12.1. The Bertz CT molecular complexity index is 597. The first kappa shape index (κ1) is 13.9. The first-order valence-corrected chi connectivity index (χ1v) is 6.47. The van der Waals surface area contributed by atoms with Gasteiger partial charge in [-0.15, -0.1) is 0 Å². The van der Waals surface area contributed by atoms with Crippen molar-refractivity contribution >= 4 is 17.3 Å². The predicted molar refractivity (Wildman–Crippen MR) is 80.7 cm³/mol. The van der Waals surface area contributed by atoms with Crippen LogP contribution in [0.4, 0.5) is 11.4 Å². The van der Waals surface area contributed by atoms with E-state index in [9.17, 15) is 9.90 Å². The summed E-state index contributed by atoms with van der Waals surface area (Å²) >= 11 is 0. The molecule has 0 aliphatic rings. The van der Waals surface area contributed by atoms with Crippen LogP contribution in [0.2, 0.25) is 0 Å². The molecular formula is C16H18N2O2. The SMILES string of the molecule is CN(C(=O)CCc1ccc(O)c(N)c1)c1ccccc1. The number of nitrogens with two attached hydrogens (primary N) is 1. The zero-order valence-corrected chi connectivity index (χ0v) is 11.4. The fourth-order valence-corrected chi connectivity index (χ4v) is 1.97. The summed E-state index contributed by atoms with van der Waals surface area (Å²) in [6.07, 6.45) is 0.996. The van der Waals surface area contributed by atoms with Crippen LogP contribution in [0.15, 0.2) is 48.5 Å². The topological polar surface area (TPSA) is 66.6 Å². The number of aryl methyl sites for hydroxylation is 1. The average Bonchev–Trinajstić information content (AvgIpc) is 2.48. The molecule has 0 radical (unpaired) electrons. The van der Waals surface area contributed by atoms with Gasteiger partial charge in [0.05, 0.1) is 5.69 Å². The molecule has 0 heterocycles. The summed E-state index contributed by atoms with van der Waals surface area (Å²) in [5.41, 5.74) is 7.79. The molecule has 2 rings (SSSR count). The molecule has 0 saturated carbocycles. The molecule has 0 unspecified atom stereocenters. The van der Waals surface area contributed by atoms with Gasteiger partial charge >= 0.3 is 0 Å². The number of aromatic hydroxyl groups is 1. The number of nitrogens with zero attached hydrogens (tertiary/aromatic N) is 1. The van der Waals surface area contributed by atoms with E-state index in [-0.39, 0.29) is 11.7 Å². The van der Waals surface area contributed by atoms with Gasteiger partial charge in [-0.2, -0.15) is 0 Å². The highest BCUT2D eigenvalue weighted by atomic mass is 16.3. The minimum atomic E-state index is 0.0443. The number of phenols is 1. The summed E-state index contributed by atoms with van der Waals surface area (Å²) in [5, 5.41) is 9.36. The van der Waals surface area contributed by atoms with Crippen molar-refractivity contribution in [2.75, 3.05) is 17.7 Å². The number of benzene rings is 2. The minimum absolute atomic E-state index is 0.0443. The van der Waals surface area contributed by atoms with Crippen LogP contribution < -0.4 is 10.6 Å². The van der Waals surface area contributed by atoms with Crippen molar-refractivity contribution in [3.8, 4) is 5.75 Å². The van der Waals surface area contributed by atoms with Crippen LogP contribution in [-0.2, 0) is 11.2 Å². The number of nitrogen functional groups attached to an aromatic ring is 1. The fraction of sp³-hybridized carbons (Fsp3) is 0.188. The number of carbonyl (C=O) groups is 1. The fourth-order valence-electron chi connectivity index (χ4n) is 1.97.